The van der Waals surface area contributed by atoms with Gasteiger partial charge in [0.15, 0.2) is 0 Å². The van der Waals surface area contributed by atoms with Gasteiger partial charge in [-0.3, -0.25) is 4.18 Å². The first kappa shape index (κ1) is 17.6. The van der Waals surface area contributed by atoms with Gasteiger partial charge in [0.05, 0.1) is 12.9 Å². The number of hydrogen-bond acceptors (Lipinski definition) is 3. The second-order valence-electron chi connectivity index (χ2n) is 4.79. The maximum absolute atomic E-state index is 10.7. The summed E-state index contributed by atoms with van der Waals surface area (Å²) in [5.41, 5.74) is 0. The molecule has 0 aliphatic rings. The number of allylic oxidation sites excluding steroid dienone is 1. The summed E-state index contributed by atoms with van der Waals surface area (Å²) in [5.74, 6) is 0. The first-order valence-corrected chi connectivity index (χ1v) is 8.83. The molecule has 0 atom stereocenters. The molecular formula is C14H28O3S. The van der Waals surface area contributed by atoms with Crippen LogP contribution in [0.5, 0.6) is 0 Å². The van der Waals surface area contributed by atoms with Crippen molar-refractivity contribution >= 4 is 10.1 Å². The Hall–Kier alpha value is -0.350. The maximum Gasteiger partial charge on any atom is 0.264 e. The predicted octanol–water partition coefficient (Wildman–Crippen LogP) is 4.05. The molecule has 4 heteroatoms. The van der Waals surface area contributed by atoms with Crippen LogP contribution in [0.2, 0.25) is 0 Å². The Bertz CT molecular complexity index is 283. The zero-order chi connectivity index (χ0) is 13.7. The van der Waals surface area contributed by atoms with Gasteiger partial charge in [0, 0.05) is 0 Å². The Morgan fingerprint density at radius 1 is 0.889 bits per heavy atom. The third-order valence-corrected chi connectivity index (χ3v) is 3.44. The summed E-state index contributed by atoms with van der Waals surface area (Å²) in [6, 6.07) is 0. The van der Waals surface area contributed by atoms with Crippen molar-refractivity contribution in [2.75, 3.05) is 12.9 Å². The third-order valence-electron chi connectivity index (χ3n) is 2.85. The number of unbranched alkanes of at least 4 members (excludes halogenated alkanes) is 9. The van der Waals surface area contributed by atoms with Crippen LogP contribution >= 0.6 is 0 Å². The molecule has 0 spiro atoms. The summed E-state index contributed by atoms with van der Waals surface area (Å²) >= 11 is 0. The average Bonchev–Trinajstić information content (AvgIpc) is 2.29. The minimum atomic E-state index is -3.24. The molecule has 0 rings (SSSR count). The standard InChI is InChI=1S/C14H28O3S/c1-3-4-5-6-7-8-9-10-11-12-13-14-17-18(2,15)16/h3H,1,4-14H2,2H3. The molecule has 0 aliphatic carbocycles. The Morgan fingerprint density at radius 2 is 1.33 bits per heavy atom. The van der Waals surface area contributed by atoms with E-state index in [9.17, 15) is 8.42 Å². The van der Waals surface area contributed by atoms with Crippen molar-refractivity contribution in [2.24, 2.45) is 0 Å². The van der Waals surface area contributed by atoms with Gasteiger partial charge in [-0.1, -0.05) is 51.0 Å². The highest BCUT2D eigenvalue weighted by Crippen LogP contribution is 2.10. The molecule has 108 valence electrons. The summed E-state index contributed by atoms with van der Waals surface area (Å²) in [6.45, 7) is 4.04. The molecule has 18 heavy (non-hydrogen) atoms. The van der Waals surface area contributed by atoms with Crippen LogP contribution in [0.15, 0.2) is 12.7 Å². The molecule has 0 bridgehead atoms. The van der Waals surface area contributed by atoms with Crippen molar-refractivity contribution in [3.8, 4) is 0 Å². The topological polar surface area (TPSA) is 43.4 Å². The van der Waals surface area contributed by atoms with Crippen molar-refractivity contribution in [3.05, 3.63) is 12.7 Å². The van der Waals surface area contributed by atoms with E-state index >= 15 is 0 Å². The van der Waals surface area contributed by atoms with E-state index in [1.165, 1.54) is 44.9 Å². The minimum Gasteiger partial charge on any atom is -0.270 e. The van der Waals surface area contributed by atoms with E-state index in [2.05, 4.69) is 10.8 Å². The number of hydrogen-bond donors (Lipinski definition) is 0. The SMILES string of the molecule is C=CCCCCCCCCCCCOS(C)(=O)=O. The van der Waals surface area contributed by atoms with E-state index in [0.717, 1.165) is 25.5 Å². The van der Waals surface area contributed by atoms with Crippen molar-refractivity contribution in [1.29, 1.82) is 0 Å². The van der Waals surface area contributed by atoms with Crippen LogP contribution in [0.1, 0.15) is 64.2 Å². The summed E-state index contributed by atoms with van der Waals surface area (Å²) in [4.78, 5) is 0. The molecule has 0 aromatic carbocycles. The summed E-state index contributed by atoms with van der Waals surface area (Å²) < 4.78 is 26.0. The van der Waals surface area contributed by atoms with Crippen molar-refractivity contribution < 1.29 is 12.6 Å². The van der Waals surface area contributed by atoms with E-state index in [1.54, 1.807) is 0 Å². The fourth-order valence-corrected chi connectivity index (χ4v) is 2.26. The Kier molecular flexibility index (Phi) is 11.5. The van der Waals surface area contributed by atoms with Gasteiger partial charge in [-0.2, -0.15) is 8.42 Å². The second-order valence-corrected chi connectivity index (χ2v) is 6.43. The fourth-order valence-electron chi connectivity index (χ4n) is 1.84. The lowest BCUT2D eigenvalue weighted by molar-refractivity contribution is 0.309. The molecule has 0 unspecified atom stereocenters. The van der Waals surface area contributed by atoms with Gasteiger partial charge in [0.25, 0.3) is 10.1 Å². The summed E-state index contributed by atoms with van der Waals surface area (Å²) in [7, 11) is -3.24. The van der Waals surface area contributed by atoms with Crippen molar-refractivity contribution in [2.45, 2.75) is 64.2 Å². The van der Waals surface area contributed by atoms with E-state index in [-0.39, 0.29) is 0 Å². The van der Waals surface area contributed by atoms with Gasteiger partial charge >= 0.3 is 0 Å². The zero-order valence-electron chi connectivity index (χ0n) is 11.7. The lowest BCUT2D eigenvalue weighted by atomic mass is 10.1. The maximum atomic E-state index is 10.7. The molecule has 0 fully saturated rings. The van der Waals surface area contributed by atoms with Crippen molar-refractivity contribution in [3.63, 3.8) is 0 Å². The highest BCUT2D eigenvalue weighted by Gasteiger charge is 2.00. The highest BCUT2D eigenvalue weighted by molar-refractivity contribution is 7.85. The Morgan fingerprint density at radius 3 is 1.78 bits per heavy atom. The van der Waals surface area contributed by atoms with Crippen LogP contribution in [0.25, 0.3) is 0 Å². The van der Waals surface area contributed by atoms with Crippen LogP contribution in [-0.4, -0.2) is 21.3 Å². The second kappa shape index (κ2) is 11.7. The van der Waals surface area contributed by atoms with Gasteiger partial charge < -0.3 is 0 Å². The van der Waals surface area contributed by atoms with Crippen LogP contribution in [0.3, 0.4) is 0 Å². The monoisotopic (exact) mass is 276 g/mol. The molecule has 0 aromatic rings. The lowest BCUT2D eigenvalue weighted by Crippen LogP contribution is -2.03. The minimum absolute atomic E-state index is 0.334. The molecule has 0 saturated carbocycles. The van der Waals surface area contributed by atoms with E-state index in [4.69, 9.17) is 0 Å². The molecule has 0 radical (unpaired) electrons. The normalized spacial score (nSPS) is 11.6. The Labute approximate surface area is 113 Å². The molecule has 0 aromatic heterocycles. The van der Waals surface area contributed by atoms with Gasteiger partial charge in [-0.05, 0) is 19.3 Å². The smallest absolute Gasteiger partial charge is 0.264 e. The number of rotatable bonds is 13. The van der Waals surface area contributed by atoms with Crippen LogP contribution in [-0.2, 0) is 14.3 Å². The highest BCUT2D eigenvalue weighted by atomic mass is 32.2. The molecular weight excluding hydrogens is 248 g/mol. The van der Waals surface area contributed by atoms with Gasteiger partial charge in [-0.25, -0.2) is 0 Å². The van der Waals surface area contributed by atoms with Crippen LogP contribution in [0, 0.1) is 0 Å². The quantitative estimate of drug-likeness (QED) is 0.289. The Balaban J connectivity index is 3.05. The van der Waals surface area contributed by atoms with E-state index in [1.807, 2.05) is 6.08 Å². The van der Waals surface area contributed by atoms with E-state index < -0.39 is 10.1 Å². The van der Waals surface area contributed by atoms with Crippen LogP contribution in [0.4, 0.5) is 0 Å². The first-order chi connectivity index (χ1) is 8.56. The van der Waals surface area contributed by atoms with E-state index in [0.29, 0.717) is 6.61 Å². The van der Waals surface area contributed by atoms with Gasteiger partial charge in [0.1, 0.15) is 0 Å². The first-order valence-electron chi connectivity index (χ1n) is 7.01. The van der Waals surface area contributed by atoms with Gasteiger partial charge in [-0.15, -0.1) is 6.58 Å². The molecule has 0 amide bonds. The third kappa shape index (κ3) is 15.6. The molecule has 0 saturated heterocycles. The zero-order valence-corrected chi connectivity index (χ0v) is 12.5. The van der Waals surface area contributed by atoms with Crippen molar-refractivity contribution in [1.82, 2.24) is 0 Å². The molecule has 3 nitrogen and oxygen atoms in total. The molecule has 0 heterocycles. The molecule has 0 N–H and O–H groups in total. The average molecular weight is 276 g/mol. The largest absolute Gasteiger partial charge is 0.270 e. The molecule has 0 aliphatic heterocycles. The lowest BCUT2D eigenvalue weighted by Gasteiger charge is -2.02. The summed E-state index contributed by atoms with van der Waals surface area (Å²) in [6.07, 6.45) is 15.1. The fraction of sp³-hybridized carbons (Fsp3) is 0.857. The predicted molar refractivity (Wildman–Crippen MR) is 77.2 cm³/mol. The van der Waals surface area contributed by atoms with Crippen LogP contribution < -0.4 is 0 Å². The summed E-state index contributed by atoms with van der Waals surface area (Å²) in [5, 5.41) is 0. The van der Waals surface area contributed by atoms with Gasteiger partial charge in [0.2, 0.25) is 0 Å².